The second kappa shape index (κ2) is 9.05. The molecule has 1 aromatic heterocycles. The van der Waals surface area contributed by atoms with Crippen LogP contribution in [-0.2, 0) is 20.7 Å². The van der Waals surface area contributed by atoms with E-state index in [2.05, 4.69) is 9.97 Å². The van der Waals surface area contributed by atoms with Crippen LogP contribution in [0.4, 0.5) is 0 Å². The van der Waals surface area contributed by atoms with E-state index in [0.29, 0.717) is 49.2 Å². The van der Waals surface area contributed by atoms with Gasteiger partial charge in [0, 0.05) is 26.6 Å². The molecule has 0 spiro atoms. The summed E-state index contributed by atoms with van der Waals surface area (Å²) in [6.45, 7) is 1.10. The van der Waals surface area contributed by atoms with Gasteiger partial charge in [-0.05, 0) is 31.4 Å². The van der Waals surface area contributed by atoms with Crippen LogP contribution in [0.15, 0.2) is 29.1 Å². The van der Waals surface area contributed by atoms with Crippen LogP contribution in [0.1, 0.15) is 31.5 Å². The summed E-state index contributed by atoms with van der Waals surface area (Å²) in [5, 5.41) is 0.576. The predicted octanol–water partition coefficient (Wildman–Crippen LogP) is 2.22. The lowest BCUT2D eigenvalue weighted by Gasteiger charge is -2.05. The van der Waals surface area contributed by atoms with Gasteiger partial charge in [-0.15, -0.1) is 0 Å². The molecule has 1 N–H and O–H groups in total. The average Bonchev–Trinajstić information content (AvgIpc) is 2.55. The summed E-state index contributed by atoms with van der Waals surface area (Å²) in [4.78, 5) is 30.7. The number of rotatable bonds is 9. The molecule has 0 amide bonds. The second-order valence-electron chi connectivity index (χ2n) is 5.30. The lowest BCUT2D eigenvalue weighted by Crippen LogP contribution is -2.12. The van der Waals surface area contributed by atoms with E-state index in [1.165, 1.54) is 0 Å². The average molecular weight is 318 g/mol. The van der Waals surface area contributed by atoms with Crippen LogP contribution >= 0.6 is 0 Å². The molecule has 0 unspecified atom stereocenters. The molecule has 0 bridgehead atoms. The number of carbonyl (C=O) groups excluding carboxylic acids is 1. The van der Waals surface area contributed by atoms with Gasteiger partial charge in [-0.3, -0.25) is 9.59 Å². The highest BCUT2D eigenvalue weighted by atomic mass is 16.5. The molecule has 0 aliphatic heterocycles. The first kappa shape index (κ1) is 17.1. The standard InChI is InChI=1S/C17H22N2O4/c1-22-11-4-5-12-23-16(20)10-6-9-15-18-14-8-3-2-7-13(14)17(21)19-15/h2-3,7-8H,4-6,9-12H2,1H3,(H,18,19,21). The SMILES string of the molecule is COCCCCOC(=O)CCCc1nc2ccccc2c(=O)[nH]1. The number of para-hydroxylation sites is 1. The summed E-state index contributed by atoms with van der Waals surface area (Å²) in [5.74, 6) is 0.382. The van der Waals surface area contributed by atoms with Gasteiger partial charge in [0.15, 0.2) is 0 Å². The Balaban J connectivity index is 1.76. The van der Waals surface area contributed by atoms with Gasteiger partial charge in [0.1, 0.15) is 5.82 Å². The molecular weight excluding hydrogens is 296 g/mol. The number of H-pyrrole nitrogens is 1. The van der Waals surface area contributed by atoms with Gasteiger partial charge in [-0.2, -0.15) is 0 Å². The van der Waals surface area contributed by atoms with Gasteiger partial charge in [0.05, 0.1) is 17.5 Å². The lowest BCUT2D eigenvalue weighted by atomic mass is 10.2. The Morgan fingerprint density at radius 1 is 1.17 bits per heavy atom. The number of methoxy groups -OCH3 is 1. The summed E-state index contributed by atoms with van der Waals surface area (Å²) in [6, 6.07) is 7.20. The van der Waals surface area contributed by atoms with Crippen molar-refractivity contribution in [2.75, 3.05) is 20.3 Å². The number of ether oxygens (including phenoxy) is 2. The van der Waals surface area contributed by atoms with Crippen LogP contribution in [0.5, 0.6) is 0 Å². The third-order valence-electron chi connectivity index (χ3n) is 3.46. The van der Waals surface area contributed by atoms with Gasteiger partial charge in [0.2, 0.25) is 0 Å². The number of hydrogen-bond donors (Lipinski definition) is 1. The molecule has 1 heterocycles. The van der Waals surface area contributed by atoms with Crippen LogP contribution in [-0.4, -0.2) is 36.3 Å². The molecule has 0 saturated carbocycles. The molecule has 23 heavy (non-hydrogen) atoms. The topological polar surface area (TPSA) is 81.3 Å². The molecule has 0 atom stereocenters. The van der Waals surface area contributed by atoms with Gasteiger partial charge in [-0.1, -0.05) is 12.1 Å². The molecular formula is C17H22N2O4. The Kier molecular flexibility index (Phi) is 6.75. The maximum absolute atomic E-state index is 11.9. The highest BCUT2D eigenvalue weighted by molar-refractivity contribution is 5.77. The number of aromatic amines is 1. The molecule has 0 radical (unpaired) electrons. The highest BCUT2D eigenvalue weighted by Crippen LogP contribution is 2.07. The van der Waals surface area contributed by atoms with E-state index in [-0.39, 0.29) is 11.5 Å². The van der Waals surface area contributed by atoms with Crippen molar-refractivity contribution in [1.82, 2.24) is 9.97 Å². The van der Waals surface area contributed by atoms with Crippen molar-refractivity contribution in [2.24, 2.45) is 0 Å². The second-order valence-corrected chi connectivity index (χ2v) is 5.30. The van der Waals surface area contributed by atoms with E-state index in [1.807, 2.05) is 18.2 Å². The zero-order chi connectivity index (χ0) is 16.5. The molecule has 1 aromatic carbocycles. The summed E-state index contributed by atoms with van der Waals surface area (Å²) in [6.07, 6.45) is 3.14. The van der Waals surface area contributed by atoms with Gasteiger partial charge in [-0.25, -0.2) is 4.98 Å². The van der Waals surface area contributed by atoms with Crippen molar-refractivity contribution in [3.63, 3.8) is 0 Å². The number of aromatic nitrogens is 2. The van der Waals surface area contributed by atoms with Crippen LogP contribution in [0, 0.1) is 0 Å². The van der Waals surface area contributed by atoms with Crippen molar-refractivity contribution in [2.45, 2.75) is 32.1 Å². The minimum Gasteiger partial charge on any atom is -0.466 e. The van der Waals surface area contributed by atoms with Crippen molar-refractivity contribution in [3.8, 4) is 0 Å². The quantitative estimate of drug-likeness (QED) is 0.566. The third-order valence-corrected chi connectivity index (χ3v) is 3.46. The minimum absolute atomic E-state index is 0.147. The Morgan fingerprint density at radius 2 is 1.96 bits per heavy atom. The maximum atomic E-state index is 11.9. The van der Waals surface area contributed by atoms with Crippen LogP contribution < -0.4 is 5.56 Å². The number of carbonyl (C=O) groups is 1. The highest BCUT2D eigenvalue weighted by Gasteiger charge is 2.06. The Labute approximate surface area is 134 Å². The minimum atomic E-state index is -0.217. The maximum Gasteiger partial charge on any atom is 0.305 e. The van der Waals surface area contributed by atoms with Crippen LogP contribution in [0.2, 0.25) is 0 Å². The molecule has 2 aromatic rings. The molecule has 0 fully saturated rings. The largest absolute Gasteiger partial charge is 0.466 e. The summed E-state index contributed by atoms with van der Waals surface area (Å²) >= 11 is 0. The van der Waals surface area contributed by atoms with E-state index in [4.69, 9.17) is 9.47 Å². The zero-order valence-corrected chi connectivity index (χ0v) is 13.3. The first-order valence-electron chi connectivity index (χ1n) is 7.83. The fourth-order valence-corrected chi connectivity index (χ4v) is 2.26. The van der Waals surface area contributed by atoms with Crippen molar-refractivity contribution in [1.29, 1.82) is 0 Å². The molecule has 0 saturated heterocycles. The number of unbranched alkanes of at least 4 members (excludes halogenated alkanes) is 1. The fraction of sp³-hybridized carbons (Fsp3) is 0.471. The molecule has 0 aliphatic rings. The molecule has 0 aliphatic carbocycles. The first-order valence-corrected chi connectivity index (χ1v) is 7.83. The van der Waals surface area contributed by atoms with E-state index < -0.39 is 0 Å². The normalized spacial score (nSPS) is 10.8. The van der Waals surface area contributed by atoms with E-state index in [0.717, 1.165) is 12.8 Å². The first-order chi connectivity index (χ1) is 11.2. The number of aryl methyl sites for hydroxylation is 1. The Hall–Kier alpha value is -2.21. The summed E-state index contributed by atoms with van der Waals surface area (Å²) < 4.78 is 10.1. The number of benzene rings is 1. The Morgan fingerprint density at radius 3 is 2.78 bits per heavy atom. The van der Waals surface area contributed by atoms with E-state index in [1.54, 1.807) is 13.2 Å². The van der Waals surface area contributed by atoms with Crippen LogP contribution in [0.25, 0.3) is 10.9 Å². The summed E-state index contributed by atoms with van der Waals surface area (Å²) in [5.41, 5.74) is 0.526. The van der Waals surface area contributed by atoms with Crippen molar-refractivity contribution in [3.05, 3.63) is 40.4 Å². The lowest BCUT2D eigenvalue weighted by molar-refractivity contribution is -0.143. The van der Waals surface area contributed by atoms with Gasteiger partial charge >= 0.3 is 5.97 Å². The zero-order valence-electron chi connectivity index (χ0n) is 13.3. The predicted molar refractivity (Wildman–Crippen MR) is 87.4 cm³/mol. The van der Waals surface area contributed by atoms with E-state index >= 15 is 0 Å². The van der Waals surface area contributed by atoms with Gasteiger partial charge < -0.3 is 14.5 Å². The molecule has 6 heteroatoms. The van der Waals surface area contributed by atoms with E-state index in [9.17, 15) is 9.59 Å². The smallest absolute Gasteiger partial charge is 0.305 e. The van der Waals surface area contributed by atoms with Crippen LogP contribution in [0.3, 0.4) is 0 Å². The molecule has 124 valence electrons. The van der Waals surface area contributed by atoms with Crippen molar-refractivity contribution >= 4 is 16.9 Å². The third kappa shape index (κ3) is 5.49. The number of fused-ring (bicyclic) bond motifs is 1. The number of nitrogens with zero attached hydrogens (tertiary/aromatic N) is 1. The monoisotopic (exact) mass is 318 g/mol. The van der Waals surface area contributed by atoms with Crippen molar-refractivity contribution < 1.29 is 14.3 Å². The Bertz CT molecular complexity index is 696. The fourth-order valence-electron chi connectivity index (χ4n) is 2.26. The number of esters is 1. The number of hydrogen-bond acceptors (Lipinski definition) is 5. The number of nitrogens with one attached hydrogen (secondary N) is 1. The molecule has 2 rings (SSSR count). The van der Waals surface area contributed by atoms with Gasteiger partial charge in [0.25, 0.3) is 5.56 Å². The molecule has 6 nitrogen and oxygen atoms in total. The summed E-state index contributed by atoms with van der Waals surface area (Å²) in [7, 11) is 1.65.